The van der Waals surface area contributed by atoms with Crippen LogP contribution >= 0.6 is 0 Å². The van der Waals surface area contributed by atoms with E-state index in [1.807, 2.05) is 0 Å². The fourth-order valence-corrected chi connectivity index (χ4v) is 2.80. The van der Waals surface area contributed by atoms with Crippen LogP contribution < -0.4 is 5.73 Å². The molecule has 0 bridgehead atoms. The first-order chi connectivity index (χ1) is 9.77. The summed E-state index contributed by atoms with van der Waals surface area (Å²) in [7, 11) is 0. The number of aromatic nitrogens is 2. The first-order valence-electron chi connectivity index (χ1n) is 7.74. The van der Waals surface area contributed by atoms with E-state index >= 15 is 0 Å². The number of imidazole rings is 1. The highest BCUT2D eigenvalue weighted by atomic mass is 15.2. The normalized spacial score (nSPS) is 12.1. The molecule has 2 rings (SSSR count). The van der Waals surface area contributed by atoms with E-state index in [1.54, 1.807) is 0 Å². The van der Waals surface area contributed by atoms with Crippen LogP contribution in [0.1, 0.15) is 58.8 Å². The van der Waals surface area contributed by atoms with Gasteiger partial charge >= 0.3 is 0 Å². The van der Waals surface area contributed by atoms with E-state index in [4.69, 9.17) is 10.7 Å². The van der Waals surface area contributed by atoms with Crippen LogP contribution in [0.5, 0.6) is 0 Å². The molecule has 0 saturated carbocycles. The number of benzene rings is 1. The maximum Gasteiger partial charge on any atom is 0.132 e. The lowest BCUT2D eigenvalue weighted by Gasteiger charge is -2.26. The van der Waals surface area contributed by atoms with Crippen molar-refractivity contribution in [3.8, 4) is 11.3 Å². The molecule has 114 valence electrons. The number of nitrogen functional groups attached to an aromatic ring is 1. The smallest absolute Gasteiger partial charge is 0.132 e. The molecule has 0 fully saturated rings. The summed E-state index contributed by atoms with van der Waals surface area (Å²) < 4.78 is 2.18. The molecule has 0 atom stereocenters. The molecule has 0 unspecified atom stereocenters. The van der Waals surface area contributed by atoms with E-state index in [-0.39, 0.29) is 5.54 Å². The van der Waals surface area contributed by atoms with E-state index < -0.39 is 0 Å². The minimum Gasteiger partial charge on any atom is -0.383 e. The Balaban J connectivity index is 2.72. The van der Waals surface area contributed by atoms with E-state index in [0.29, 0.717) is 5.92 Å². The van der Waals surface area contributed by atoms with Gasteiger partial charge in [-0.3, -0.25) is 0 Å². The van der Waals surface area contributed by atoms with Gasteiger partial charge < -0.3 is 10.3 Å². The Morgan fingerprint density at radius 2 is 1.81 bits per heavy atom. The molecule has 1 aromatic heterocycles. The van der Waals surface area contributed by atoms with Crippen molar-refractivity contribution in [2.75, 3.05) is 5.73 Å². The highest BCUT2D eigenvalue weighted by Crippen LogP contribution is 2.35. The Hall–Kier alpha value is -1.77. The van der Waals surface area contributed by atoms with Crippen molar-refractivity contribution in [3.63, 3.8) is 0 Å². The van der Waals surface area contributed by atoms with E-state index in [2.05, 4.69) is 70.4 Å². The summed E-state index contributed by atoms with van der Waals surface area (Å²) in [6.45, 7) is 13.0. The Labute approximate surface area is 128 Å². The van der Waals surface area contributed by atoms with Gasteiger partial charge in [0.25, 0.3) is 0 Å². The monoisotopic (exact) mass is 285 g/mol. The van der Waals surface area contributed by atoms with Gasteiger partial charge in [-0.15, -0.1) is 0 Å². The molecule has 3 heteroatoms. The van der Waals surface area contributed by atoms with Gasteiger partial charge in [0.05, 0.1) is 0 Å². The average Bonchev–Trinajstić information content (AvgIpc) is 2.76. The highest BCUT2D eigenvalue weighted by molar-refractivity contribution is 5.74. The minimum absolute atomic E-state index is 0.0733. The van der Waals surface area contributed by atoms with Gasteiger partial charge in [-0.1, -0.05) is 45.0 Å². The second-order valence-electron chi connectivity index (χ2n) is 6.88. The number of nitrogens with two attached hydrogens (primary N) is 1. The molecule has 3 nitrogen and oxygen atoms in total. The van der Waals surface area contributed by atoms with Crippen LogP contribution in [0.15, 0.2) is 24.3 Å². The lowest BCUT2D eigenvalue weighted by molar-refractivity contribution is 0.382. The fraction of sp³-hybridized carbons (Fsp3) is 0.500. The van der Waals surface area contributed by atoms with Crippen molar-refractivity contribution in [2.45, 2.75) is 59.4 Å². The number of nitrogens with zero attached hydrogens (tertiary/aromatic N) is 2. The van der Waals surface area contributed by atoms with Crippen molar-refractivity contribution in [1.29, 1.82) is 0 Å². The molecular formula is C18H27N3. The molecular weight excluding hydrogens is 258 g/mol. The van der Waals surface area contributed by atoms with Crippen LogP contribution in [0.2, 0.25) is 0 Å². The molecule has 0 aliphatic rings. The zero-order valence-electron chi connectivity index (χ0n) is 14.1. The minimum atomic E-state index is -0.0733. The lowest BCUT2D eigenvalue weighted by atomic mass is 10.0. The number of anilines is 1. The zero-order chi connectivity index (χ0) is 15.8. The van der Waals surface area contributed by atoms with Crippen molar-refractivity contribution in [1.82, 2.24) is 9.55 Å². The topological polar surface area (TPSA) is 43.8 Å². The highest BCUT2D eigenvalue weighted by Gasteiger charge is 2.26. The summed E-state index contributed by atoms with van der Waals surface area (Å²) >= 11 is 0. The van der Waals surface area contributed by atoms with Crippen LogP contribution in [0, 0.1) is 0 Å². The third-order valence-corrected chi connectivity index (χ3v) is 3.78. The van der Waals surface area contributed by atoms with Gasteiger partial charge in [-0.25, -0.2) is 4.98 Å². The lowest BCUT2D eigenvalue weighted by Crippen LogP contribution is -2.26. The number of aryl methyl sites for hydroxylation is 1. The molecule has 1 heterocycles. The Morgan fingerprint density at radius 1 is 1.19 bits per heavy atom. The van der Waals surface area contributed by atoms with Gasteiger partial charge in [-0.2, -0.15) is 0 Å². The van der Waals surface area contributed by atoms with Gasteiger partial charge in [0, 0.05) is 17.0 Å². The second-order valence-corrected chi connectivity index (χ2v) is 6.88. The molecule has 0 aliphatic heterocycles. The van der Waals surface area contributed by atoms with Gasteiger partial charge in [-0.05, 0) is 32.8 Å². The third-order valence-electron chi connectivity index (χ3n) is 3.78. The predicted molar refractivity (Wildman–Crippen MR) is 90.5 cm³/mol. The maximum atomic E-state index is 6.48. The number of hydrogen-bond acceptors (Lipinski definition) is 2. The average molecular weight is 285 g/mol. The summed E-state index contributed by atoms with van der Waals surface area (Å²) in [6.07, 6.45) is 0.981. The van der Waals surface area contributed by atoms with Crippen LogP contribution in [-0.4, -0.2) is 9.55 Å². The molecule has 1 aromatic carbocycles. The first-order valence-corrected chi connectivity index (χ1v) is 7.74. The van der Waals surface area contributed by atoms with Crippen LogP contribution in [0.3, 0.4) is 0 Å². The van der Waals surface area contributed by atoms with Crippen LogP contribution in [-0.2, 0) is 12.0 Å². The summed E-state index contributed by atoms with van der Waals surface area (Å²) in [5.41, 5.74) is 9.78. The van der Waals surface area contributed by atoms with Crippen molar-refractivity contribution < 1.29 is 0 Å². The fourth-order valence-electron chi connectivity index (χ4n) is 2.80. The molecule has 2 aromatic rings. The molecule has 21 heavy (non-hydrogen) atoms. The van der Waals surface area contributed by atoms with Crippen LogP contribution in [0.4, 0.5) is 5.82 Å². The Morgan fingerprint density at radius 3 is 2.29 bits per heavy atom. The molecule has 0 saturated heterocycles. The Bertz CT molecular complexity index is 630. The third kappa shape index (κ3) is 2.82. The molecule has 2 N–H and O–H groups in total. The second kappa shape index (κ2) is 5.55. The first kappa shape index (κ1) is 15.6. The largest absolute Gasteiger partial charge is 0.383 e. The molecule has 0 spiro atoms. The number of hydrogen-bond donors (Lipinski definition) is 1. The zero-order valence-corrected chi connectivity index (χ0v) is 14.1. The standard InChI is InChI=1S/C18H27N3/c1-7-13-10-8-9-11-14(13)15-16(19)21(18(4,5)6)17(20-15)12(2)3/h8-12H,7,19H2,1-6H3. The van der Waals surface area contributed by atoms with Gasteiger partial charge in [0.1, 0.15) is 17.3 Å². The van der Waals surface area contributed by atoms with Crippen LogP contribution in [0.25, 0.3) is 11.3 Å². The molecule has 0 aliphatic carbocycles. The Kier molecular flexibility index (Phi) is 4.13. The molecule has 0 amide bonds. The summed E-state index contributed by atoms with van der Waals surface area (Å²) in [5.74, 6) is 2.17. The summed E-state index contributed by atoms with van der Waals surface area (Å²) in [5, 5.41) is 0. The quantitative estimate of drug-likeness (QED) is 0.897. The van der Waals surface area contributed by atoms with E-state index in [0.717, 1.165) is 29.3 Å². The van der Waals surface area contributed by atoms with Crippen molar-refractivity contribution >= 4 is 5.82 Å². The van der Waals surface area contributed by atoms with Gasteiger partial charge in [0.15, 0.2) is 0 Å². The maximum absolute atomic E-state index is 6.48. The summed E-state index contributed by atoms with van der Waals surface area (Å²) in [6, 6.07) is 8.40. The van der Waals surface area contributed by atoms with Gasteiger partial charge in [0.2, 0.25) is 0 Å². The predicted octanol–water partition coefficient (Wildman–Crippen LogP) is 4.57. The van der Waals surface area contributed by atoms with Crippen molar-refractivity contribution in [2.24, 2.45) is 0 Å². The molecule has 0 radical (unpaired) electrons. The number of rotatable bonds is 3. The van der Waals surface area contributed by atoms with E-state index in [9.17, 15) is 0 Å². The van der Waals surface area contributed by atoms with E-state index in [1.165, 1.54) is 5.56 Å². The summed E-state index contributed by atoms with van der Waals surface area (Å²) in [4.78, 5) is 4.89. The SMILES string of the molecule is CCc1ccccc1-c1nc(C(C)C)n(C(C)(C)C)c1N. The van der Waals surface area contributed by atoms with Crippen molar-refractivity contribution in [3.05, 3.63) is 35.7 Å².